The molecule has 1 atom stereocenters. The lowest BCUT2D eigenvalue weighted by molar-refractivity contribution is 0.478. The van der Waals surface area contributed by atoms with Gasteiger partial charge in [-0.3, -0.25) is 4.55 Å². The number of hydrogen-bond donors (Lipinski definition) is 1. The highest BCUT2D eigenvalue weighted by molar-refractivity contribution is 7.85. The lowest BCUT2D eigenvalue weighted by atomic mass is 9.94. The van der Waals surface area contributed by atoms with E-state index in [4.69, 9.17) is 4.55 Å². The Kier molecular flexibility index (Phi) is 4.22. The van der Waals surface area contributed by atoms with Gasteiger partial charge in [0.25, 0.3) is 10.1 Å². The van der Waals surface area contributed by atoms with Gasteiger partial charge in [-0.2, -0.15) is 8.42 Å². The Bertz CT molecular complexity index is 662. The van der Waals surface area contributed by atoms with E-state index < -0.39 is 10.1 Å². The van der Waals surface area contributed by atoms with Crippen LogP contribution in [-0.2, 0) is 10.1 Å². The third-order valence-electron chi connectivity index (χ3n) is 3.38. The molecule has 2 aromatic rings. The zero-order chi connectivity index (χ0) is 13.9. The lowest BCUT2D eigenvalue weighted by Gasteiger charge is -2.12. The predicted molar refractivity (Wildman–Crippen MR) is 78.0 cm³/mol. The van der Waals surface area contributed by atoms with Crippen molar-refractivity contribution in [1.29, 1.82) is 0 Å². The maximum absolute atomic E-state index is 10.7. The van der Waals surface area contributed by atoms with E-state index in [1.807, 2.05) is 12.1 Å². The fraction of sp³-hybridized carbons (Fsp3) is 0.333. The van der Waals surface area contributed by atoms with Crippen LogP contribution < -0.4 is 0 Å². The summed E-state index contributed by atoms with van der Waals surface area (Å²) >= 11 is 0. The second-order valence-electron chi connectivity index (χ2n) is 4.94. The minimum atomic E-state index is -3.84. The average Bonchev–Trinajstić information content (AvgIpc) is 2.36. The number of hydrogen-bond acceptors (Lipinski definition) is 2. The summed E-state index contributed by atoms with van der Waals surface area (Å²) in [5.74, 6) is 0.122. The van der Waals surface area contributed by atoms with E-state index in [-0.39, 0.29) is 11.7 Å². The lowest BCUT2D eigenvalue weighted by Crippen LogP contribution is -2.05. The van der Waals surface area contributed by atoms with Gasteiger partial charge in [0.15, 0.2) is 0 Å². The van der Waals surface area contributed by atoms with E-state index in [0.717, 1.165) is 6.42 Å². The van der Waals surface area contributed by atoms with Crippen LogP contribution in [0.5, 0.6) is 0 Å². The van der Waals surface area contributed by atoms with Crippen molar-refractivity contribution in [3.8, 4) is 0 Å². The van der Waals surface area contributed by atoms with Crippen molar-refractivity contribution in [2.45, 2.75) is 25.7 Å². The smallest absolute Gasteiger partial charge is 0.264 e. The molecule has 0 saturated carbocycles. The van der Waals surface area contributed by atoms with Crippen LogP contribution in [0.1, 0.15) is 31.2 Å². The summed E-state index contributed by atoms with van der Waals surface area (Å²) in [4.78, 5) is 0. The molecule has 0 fully saturated rings. The molecule has 0 amide bonds. The second kappa shape index (κ2) is 5.72. The Balaban J connectivity index is 2.06. The highest BCUT2D eigenvalue weighted by Gasteiger charge is 2.09. The average molecular weight is 278 g/mol. The van der Waals surface area contributed by atoms with Gasteiger partial charge in [-0.25, -0.2) is 0 Å². The first-order chi connectivity index (χ1) is 8.96. The standard InChI is InChI=1S/C15H18O3S/c1-12(5-4-10-19(16,17)18)14-9-8-13-6-2-3-7-15(13)11-14/h2-3,6-9,11-12H,4-5,10H2,1H3,(H,16,17,18). The molecule has 1 N–H and O–H groups in total. The minimum absolute atomic E-state index is 0.162. The van der Waals surface area contributed by atoms with Crippen LogP contribution in [-0.4, -0.2) is 18.7 Å². The topological polar surface area (TPSA) is 54.4 Å². The predicted octanol–water partition coefficient (Wildman–Crippen LogP) is 3.61. The minimum Gasteiger partial charge on any atom is -0.286 e. The molecule has 0 aliphatic rings. The van der Waals surface area contributed by atoms with Crippen molar-refractivity contribution in [2.24, 2.45) is 0 Å². The van der Waals surface area contributed by atoms with Crippen LogP contribution >= 0.6 is 0 Å². The summed E-state index contributed by atoms with van der Waals surface area (Å²) in [5.41, 5.74) is 1.20. The molecule has 2 aromatic carbocycles. The Labute approximate surface area is 114 Å². The summed E-state index contributed by atoms with van der Waals surface area (Å²) in [6, 6.07) is 14.5. The SMILES string of the molecule is CC(CCCS(=O)(=O)O)c1ccc2ccccc2c1. The summed E-state index contributed by atoms with van der Waals surface area (Å²) in [6.07, 6.45) is 1.23. The van der Waals surface area contributed by atoms with Crippen molar-refractivity contribution in [3.05, 3.63) is 48.0 Å². The van der Waals surface area contributed by atoms with E-state index in [1.165, 1.54) is 16.3 Å². The molecule has 0 radical (unpaired) electrons. The monoisotopic (exact) mass is 278 g/mol. The maximum atomic E-state index is 10.7. The molecule has 19 heavy (non-hydrogen) atoms. The summed E-state index contributed by atoms with van der Waals surface area (Å²) < 4.78 is 30.1. The molecule has 1 unspecified atom stereocenters. The van der Waals surface area contributed by atoms with E-state index in [1.54, 1.807) is 0 Å². The van der Waals surface area contributed by atoms with Gasteiger partial charge in [-0.05, 0) is 35.1 Å². The molecule has 2 rings (SSSR count). The molecular weight excluding hydrogens is 260 g/mol. The zero-order valence-electron chi connectivity index (χ0n) is 10.9. The molecular formula is C15H18O3S. The zero-order valence-corrected chi connectivity index (χ0v) is 11.7. The van der Waals surface area contributed by atoms with Gasteiger partial charge in [0, 0.05) is 0 Å². The fourth-order valence-corrected chi connectivity index (χ4v) is 2.78. The third kappa shape index (κ3) is 4.04. The van der Waals surface area contributed by atoms with Crippen molar-refractivity contribution in [1.82, 2.24) is 0 Å². The Hall–Kier alpha value is -1.39. The summed E-state index contributed by atoms with van der Waals surface area (Å²) in [5, 5.41) is 2.40. The maximum Gasteiger partial charge on any atom is 0.264 e. The van der Waals surface area contributed by atoms with E-state index >= 15 is 0 Å². The molecule has 0 aliphatic carbocycles. The first kappa shape index (κ1) is 14.0. The normalized spacial score (nSPS) is 13.6. The fourth-order valence-electron chi connectivity index (χ4n) is 2.25. The largest absolute Gasteiger partial charge is 0.286 e. The highest BCUT2D eigenvalue weighted by atomic mass is 32.2. The van der Waals surface area contributed by atoms with Crippen LogP contribution in [0.3, 0.4) is 0 Å². The van der Waals surface area contributed by atoms with Crippen molar-refractivity contribution < 1.29 is 13.0 Å². The molecule has 0 saturated heterocycles. The van der Waals surface area contributed by atoms with E-state index in [2.05, 4.69) is 37.3 Å². The molecule has 0 bridgehead atoms. The van der Waals surface area contributed by atoms with Crippen LogP contribution in [0, 0.1) is 0 Å². The molecule has 0 aromatic heterocycles. The number of rotatable bonds is 5. The van der Waals surface area contributed by atoms with Gasteiger partial charge in [-0.15, -0.1) is 0 Å². The van der Waals surface area contributed by atoms with Crippen LogP contribution in [0.4, 0.5) is 0 Å². The molecule has 3 nitrogen and oxygen atoms in total. The highest BCUT2D eigenvalue weighted by Crippen LogP contribution is 2.24. The van der Waals surface area contributed by atoms with E-state index in [0.29, 0.717) is 6.42 Å². The Morgan fingerprint density at radius 2 is 1.79 bits per heavy atom. The molecule has 0 heterocycles. The van der Waals surface area contributed by atoms with Crippen LogP contribution in [0.25, 0.3) is 10.8 Å². The quantitative estimate of drug-likeness (QED) is 0.850. The number of fused-ring (bicyclic) bond motifs is 1. The van der Waals surface area contributed by atoms with Crippen molar-refractivity contribution >= 4 is 20.9 Å². The number of benzene rings is 2. The molecule has 0 spiro atoms. The first-order valence-corrected chi connectivity index (χ1v) is 8.00. The van der Waals surface area contributed by atoms with Gasteiger partial charge < -0.3 is 0 Å². The Morgan fingerprint density at radius 1 is 1.11 bits per heavy atom. The van der Waals surface area contributed by atoms with Crippen molar-refractivity contribution in [2.75, 3.05) is 5.75 Å². The van der Waals surface area contributed by atoms with Crippen molar-refractivity contribution in [3.63, 3.8) is 0 Å². The molecule has 4 heteroatoms. The summed E-state index contributed by atoms with van der Waals surface area (Å²) in [6.45, 7) is 2.08. The van der Waals surface area contributed by atoms with Gasteiger partial charge >= 0.3 is 0 Å². The van der Waals surface area contributed by atoms with Gasteiger partial charge in [-0.1, -0.05) is 49.4 Å². The van der Waals surface area contributed by atoms with Crippen LogP contribution in [0.2, 0.25) is 0 Å². The van der Waals surface area contributed by atoms with Gasteiger partial charge in [0.05, 0.1) is 5.75 Å². The van der Waals surface area contributed by atoms with Gasteiger partial charge in [0.1, 0.15) is 0 Å². The van der Waals surface area contributed by atoms with E-state index in [9.17, 15) is 8.42 Å². The molecule has 102 valence electrons. The molecule has 0 aliphatic heterocycles. The van der Waals surface area contributed by atoms with Crippen LogP contribution in [0.15, 0.2) is 42.5 Å². The summed E-state index contributed by atoms with van der Waals surface area (Å²) in [7, 11) is -3.84. The Morgan fingerprint density at radius 3 is 2.47 bits per heavy atom. The third-order valence-corrected chi connectivity index (χ3v) is 4.19. The first-order valence-electron chi connectivity index (χ1n) is 6.39. The van der Waals surface area contributed by atoms with Gasteiger partial charge in [0.2, 0.25) is 0 Å². The second-order valence-corrected chi connectivity index (χ2v) is 6.51.